The van der Waals surface area contributed by atoms with E-state index in [1.807, 2.05) is 6.92 Å². The molecule has 0 aliphatic carbocycles. The van der Waals surface area contributed by atoms with Crippen molar-refractivity contribution >= 4 is 52.2 Å². The molecule has 5 nitrogen and oxygen atoms in total. The number of amides is 2. The van der Waals surface area contributed by atoms with Crippen LogP contribution in [0.5, 0.6) is 0 Å². The van der Waals surface area contributed by atoms with E-state index in [2.05, 4.69) is 5.32 Å². The fraction of sp³-hybridized carbons (Fsp3) is 0.294. The normalized spacial score (nSPS) is 11.5. The number of thiophene rings is 1. The predicted octanol–water partition coefficient (Wildman–Crippen LogP) is 3.94. The molecule has 0 aliphatic heterocycles. The number of nitrogens with zero attached hydrogens (tertiary/aromatic N) is 1. The van der Waals surface area contributed by atoms with Crippen molar-refractivity contribution in [3.05, 3.63) is 51.1 Å². The first-order valence-corrected chi connectivity index (χ1v) is 8.78. The number of aryl methyl sites for hydroxylation is 1. The fourth-order valence-corrected chi connectivity index (χ4v) is 3.43. The monoisotopic (exact) mass is 419 g/mol. The van der Waals surface area contributed by atoms with Crippen LogP contribution in [0, 0.1) is 12.7 Å². The van der Waals surface area contributed by atoms with Crippen LogP contribution in [-0.2, 0) is 0 Å². The van der Waals surface area contributed by atoms with Crippen LogP contribution >= 0.6 is 35.3 Å². The van der Waals surface area contributed by atoms with Crippen molar-refractivity contribution in [2.24, 2.45) is 5.73 Å². The zero-order valence-corrected chi connectivity index (χ0v) is 16.9. The lowest BCUT2D eigenvalue weighted by Crippen LogP contribution is -2.39. The Kier molecular flexibility index (Phi) is 8.02. The summed E-state index contributed by atoms with van der Waals surface area (Å²) in [7, 11) is 1.69. The highest BCUT2D eigenvalue weighted by atomic mass is 35.5. The van der Waals surface area contributed by atoms with E-state index in [1.165, 1.54) is 23.5 Å². The number of carbonyl (C=O) groups excluding carboxylic acids is 2. The van der Waals surface area contributed by atoms with Crippen molar-refractivity contribution < 1.29 is 14.0 Å². The van der Waals surface area contributed by atoms with Crippen molar-refractivity contribution in [2.75, 3.05) is 18.9 Å². The first kappa shape index (κ1) is 22.4. The number of anilines is 1. The number of likely N-dealkylation sites (N-methyl/N-ethyl adjacent to an activating group) is 1. The molecule has 1 atom stereocenters. The predicted molar refractivity (Wildman–Crippen MR) is 106 cm³/mol. The Morgan fingerprint density at radius 2 is 2.04 bits per heavy atom. The minimum atomic E-state index is -0.515. The Bertz CT molecular complexity index is 813. The summed E-state index contributed by atoms with van der Waals surface area (Å²) in [5, 5.41) is 3.23. The molecule has 1 heterocycles. The number of carbonyl (C=O) groups is 2. The molecule has 0 saturated carbocycles. The van der Waals surface area contributed by atoms with E-state index in [0.717, 1.165) is 11.6 Å². The van der Waals surface area contributed by atoms with Gasteiger partial charge in [0.25, 0.3) is 11.8 Å². The summed E-state index contributed by atoms with van der Waals surface area (Å²) in [6.07, 6.45) is 0. The van der Waals surface area contributed by atoms with Crippen LogP contribution in [0.4, 0.5) is 9.39 Å². The minimum Gasteiger partial charge on any atom is -0.337 e. The van der Waals surface area contributed by atoms with Gasteiger partial charge in [0.15, 0.2) is 0 Å². The molecule has 2 amide bonds. The summed E-state index contributed by atoms with van der Waals surface area (Å²) in [4.78, 5) is 26.9. The molecule has 0 aliphatic rings. The van der Waals surface area contributed by atoms with Gasteiger partial charge in [-0.05, 0) is 43.7 Å². The van der Waals surface area contributed by atoms with Gasteiger partial charge in [0.1, 0.15) is 5.82 Å². The molecule has 142 valence electrons. The molecule has 1 aromatic heterocycles. The third-order valence-corrected chi connectivity index (χ3v) is 5.30. The largest absolute Gasteiger partial charge is 0.337 e. The minimum absolute atomic E-state index is 0. The quantitative estimate of drug-likeness (QED) is 0.770. The standard InChI is InChI=1S/C17H19ClFN3O2S.ClH/c1-9-6-14(25-15(9)17(24)22(3)10(2)8-20)21-16(23)12-5-4-11(19)7-13(12)18;/h4-7,10H,8,20H2,1-3H3,(H,21,23);1H. The van der Waals surface area contributed by atoms with Crippen molar-refractivity contribution in [3.8, 4) is 0 Å². The zero-order chi connectivity index (χ0) is 18.7. The molecule has 1 aromatic carbocycles. The smallest absolute Gasteiger partial charge is 0.264 e. The maximum absolute atomic E-state index is 13.1. The second-order valence-electron chi connectivity index (χ2n) is 5.70. The Hall–Kier alpha value is -1.67. The molecule has 2 rings (SSSR count). The van der Waals surface area contributed by atoms with Gasteiger partial charge >= 0.3 is 0 Å². The van der Waals surface area contributed by atoms with E-state index in [4.69, 9.17) is 17.3 Å². The maximum atomic E-state index is 13.1. The lowest BCUT2D eigenvalue weighted by molar-refractivity contribution is 0.0752. The van der Waals surface area contributed by atoms with Gasteiger partial charge in [-0.25, -0.2) is 4.39 Å². The molecule has 0 fully saturated rings. The van der Waals surface area contributed by atoms with E-state index in [-0.39, 0.29) is 34.9 Å². The number of rotatable bonds is 5. The Labute approximate surface area is 166 Å². The summed E-state index contributed by atoms with van der Waals surface area (Å²) in [5.41, 5.74) is 6.52. The van der Waals surface area contributed by atoms with Gasteiger partial charge in [-0.3, -0.25) is 9.59 Å². The topological polar surface area (TPSA) is 75.4 Å². The fourth-order valence-electron chi connectivity index (χ4n) is 2.13. The third-order valence-electron chi connectivity index (χ3n) is 3.85. The molecule has 2 aromatic rings. The Morgan fingerprint density at radius 1 is 1.38 bits per heavy atom. The lowest BCUT2D eigenvalue weighted by Gasteiger charge is -2.23. The Morgan fingerprint density at radius 3 is 2.62 bits per heavy atom. The van der Waals surface area contributed by atoms with Gasteiger partial charge in [0.05, 0.1) is 20.5 Å². The molecular formula is C17H20Cl2FN3O2S. The first-order chi connectivity index (χ1) is 11.7. The number of nitrogens with two attached hydrogens (primary N) is 1. The van der Waals surface area contributed by atoms with E-state index < -0.39 is 11.7 Å². The molecule has 0 radical (unpaired) electrons. The van der Waals surface area contributed by atoms with Crippen molar-refractivity contribution in [1.82, 2.24) is 4.90 Å². The lowest BCUT2D eigenvalue weighted by atomic mass is 10.2. The van der Waals surface area contributed by atoms with Gasteiger partial charge in [0, 0.05) is 19.6 Å². The van der Waals surface area contributed by atoms with Gasteiger partial charge in [0.2, 0.25) is 0 Å². The van der Waals surface area contributed by atoms with Crippen LogP contribution in [-0.4, -0.2) is 36.3 Å². The van der Waals surface area contributed by atoms with E-state index in [1.54, 1.807) is 24.9 Å². The van der Waals surface area contributed by atoms with Gasteiger partial charge < -0.3 is 16.0 Å². The molecule has 9 heteroatoms. The highest BCUT2D eigenvalue weighted by molar-refractivity contribution is 7.18. The second-order valence-corrected chi connectivity index (χ2v) is 7.16. The van der Waals surface area contributed by atoms with Crippen molar-refractivity contribution in [2.45, 2.75) is 19.9 Å². The van der Waals surface area contributed by atoms with Gasteiger partial charge in [-0.1, -0.05) is 11.6 Å². The average Bonchev–Trinajstić information content (AvgIpc) is 2.92. The summed E-state index contributed by atoms with van der Waals surface area (Å²) >= 11 is 7.07. The average molecular weight is 420 g/mol. The number of benzene rings is 1. The molecule has 26 heavy (non-hydrogen) atoms. The summed E-state index contributed by atoms with van der Waals surface area (Å²) in [6.45, 7) is 4.02. The van der Waals surface area contributed by atoms with Crippen LogP contribution in [0.3, 0.4) is 0 Å². The number of hydrogen-bond acceptors (Lipinski definition) is 4. The van der Waals surface area contributed by atoms with Crippen molar-refractivity contribution in [1.29, 1.82) is 0 Å². The number of nitrogens with one attached hydrogen (secondary N) is 1. The van der Waals surface area contributed by atoms with Crippen LogP contribution in [0.15, 0.2) is 24.3 Å². The SMILES string of the molecule is Cc1cc(NC(=O)c2ccc(F)cc2Cl)sc1C(=O)N(C)C(C)CN.Cl. The van der Waals surface area contributed by atoms with E-state index >= 15 is 0 Å². The second kappa shape index (κ2) is 9.32. The molecule has 0 spiro atoms. The molecule has 3 N–H and O–H groups in total. The van der Waals surface area contributed by atoms with Gasteiger partial charge in [-0.15, -0.1) is 23.7 Å². The first-order valence-electron chi connectivity index (χ1n) is 7.58. The summed E-state index contributed by atoms with van der Waals surface area (Å²) < 4.78 is 13.1. The summed E-state index contributed by atoms with van der Waals surface area (Å²) in [6, 6.07) is 5.18. The van der Waals surface area contributed by atoms with Crippen LogP contribution in [0.25, 0.3) is 0 Å². The number of halogens is 3. The third kappa shape index (κ3) is 4.94. The summed E-state index contributed by atoms with van der Waals surface area (Å²) in [5.74, 6) is -1.13. The highest BCUT2D eigenvalue weighted by Gasteiger charge is 2.22. The molecule has 0 bridgehead atoms. The van der Waals surface area contributed by atoms with Gasteiger partial charge in [-0.2, -0.15) is 0 Å². The van der Waals surface area contributed by atoms with Crippen LogP contribution in [0.2, 0.25) is 5.02 Å². The maximum Gasteiger partial charge on any atom is 0.264 e. The molecule has 0 saturated heterocycles. The van der Waals surface area contributed by atoms with Crippen LogP contribution in [0.1, 0.15) is 32.5 Å². The Balaban J connectivity index is 0.00000338. The van der Waals surface area contributed by atoms with Crippen molar-refractivity contribution in [3.63, 3.8) is 0 Å². The molecule has 1 unspecified atom stereocenters. The van der Waals surface area contributed by atoms with E-state index in [0.29, 0.717) is 16.4 Å². The number of hydrogen-bond donors (Lipinski definition) is 2. The zero-order valence-electron chi connectivity index (χ0n) is 14.5. The van der Waals surface area contributed by atoms with E-state index in [9.17, 15) is 14.0 Å². The highest BCUT2D eigenvalue weighted by Crippen LogP contribution is 2.29. The molecular weight excluding hydrogens is 400 g/mol. The van der Waals surface area contributed by atoms with Crippen LogP contribution < -0.4 is 11.1 Å².